The Hall–Kier alpha value is -2.48. The number of piperidine rings is 1. The third kappa shape index (κ3) is 4.80. The summed E-state index contributed by atoms with van der Waals surface area (Å²) in [5, 5.41) is 7.88. The zero-order chi connectivity index (χ0) is 22.8. The number of H-pyrrole nitrogens is 1. The topological polar surface area (TPSA) is 71.0 Å². The summed E-state index contributed by atoms with van der Waals surface area (Å²) in [7, 11) is 0. The number of nitrogens with zero attached hydrogens (tertiary/aromatic N) is 3. The van der Waals surface area contributed by atoms with Gasteiger partial charge in [-0.1, -0.05) is 53.0 Å². The molecule has 0 spiro atoms. The molecule has 4 rings (SSSR count). The predicted octanol–water partition coefficient (Wildman–Crippen LogP) is 5.34. The van der Waals surface area contributed by atoms with E-state index in [1.165, 1.54) is 0 Å². The molecular weight excluding hydrogens is 467 g/mol. The van der Waals surface area contributed by atoms with Crippen molar-refractivity contribution in [3.05, 3.63) is 68.4 Å². The van der Waals surface area contributed by atoms with Gasteiger partial charge in [0.05, 0.1) is 10.0 Å². The van der Waals surface area contributed by atoms with E-state index in [0.29, 0.717) is 52.1 Å². The number of benzene rings is 2. The highest BCUT2D eigenvalue weighted by Crippen LogP contribution is 2.27. The number of rotatable bonds is 5. The molecule has 1 fully saturated rings. The van der Waals surface area contributed by atoms with Gasteiger partial charge >= 0.3 is 0 Å². The first kappa shape index (κ1) is 22.7. The second-order valence-corrected chi connectivity index (χ2v) is 9.15. The van der Waals surface area contributed by atoms with Crippen LogP contribution >= 0.6 is 35.4 Å². The summed E-state index contributed by atoms with van der Waals surface area (Å²) in [6.45, 7) is 3.15. The number of Topliss-reactive ketones (excluding diaryl/α,β-unsaturated/α-hetero) is 1. The number of carbonyl (C=O) groups is 2. The van der Waals surface area contributed by atoms with Gasteiger partial charge in [-0.3, -0.25) is 19.3 Å². The number of carbonyl (C=O) groups excluding carboxylic acids is 2. The van der Waals surface area contributed by atoms with Gasteiger partial charge in [0.15, 0.2) is 16.4 Å². The lowest BCUT2D eigenvalue weighted by molar-refractivity contribution is -0.133. The van der Waals surface area contributed by atoms with Crippen LogP contribution in [0.25, 0.3) is 11.4 Å². The Morgan fingerprint density at radius 3 is 2.44 bits per heavy atom. The molecule has 6 nitrogen and oxygen atoms in total. The van der Waals surface area contributed by atoms with Gasteiger partial charge in [-0.2, -0.15) is 5.10 Å². The van der Waals surface area contributed by atoms with E-state index < -0.39 is 0 Å². The van der Waals surface area contributed by atoms with Crippen molar-refractivity contribution in [1.29, 1.82) is 0 Å². The third-order valence-electron chi connectivity index (χ3n) is 5.78. The minimum absolute atomic E-state index is 0.0365. The lowest BCUT2D eigenvalue weighted by Gasteiger charge is -2.31. The number of aromatic nitrogens is 3. The average molecular weight is 489 g/mol. The fourth-order valence-electron chi connectivity index (χ4n) is 3.90. The molecule has 0 aliphatic carbocycles. The zero-order valence-electron chi connectivity index (χ0n) is 17.5. The van der Waals surface area contributed by atoms with Crippen LogP contribution in [-0.4, -0.2) is 44.4 Å². The van der Waals surface area contributed by atoms with Crippen LogP contribution in [0.3, 0.4) is 0 Å². The second-order valence-electron chi connectivity index (χ2n) is 7.95. The summed E-state index contributed by atoms with van der Waals surface area (Å²) in [5.74, 6) is 0.481. The van der Waals surface area contributed by atoms with Crippen LogP contribution in [0.1, 0.15) is 28.8 Å². The van der Waals surface area contributed by atoms with Gasteiger partial charge in [-0.25, -0.2) is 0 Å². The van der Waals surface area contributed by atoms with Crippen molar-refractivity contribution in [2.24, 2.45) is 5.92 Å². The Kier molecular flexibility index (Phi) is 6.79. The number of aryl methyl sites for hydroxylation is 1. The SMILES string of the molecule is Cc1ccc(-c2n[nH]c(=S)n2CC(=O)N2CCC(C(=O)c3ccc(Cl)c(Cl)c3)CC2)cc1. The van der Waals surface area contributed by atoms with Crippen LogP contribution in [0, 0.1) is 17.6 Å². The lowest BCUT2D eigenvalue weighted by atomic mass is 9.89. The third-order valence-corrected chi connectivity index (χ3v) is 6.83. The van der Waals surface area contributed by atoms with Crippen LogP contribution in [0.5, 0.6) is 0 Å². The molecule has 0 radical (unpaired) electrons. The van der Waals surface area contributed by atoms with Gasteiger partial charge in [-0.05, 0) is 50.2 Å². The maximum Gasteiger partial charge on any atom is 0.242 e. The van der Waals surface area contributed by atoms with Crippen LogP contribution in [0.15, 0.2) is 42.5 Å². The first-order chi connectivity index (χ1) is 15.3. The van der Waals surface area contributed by atoms with E-state index in [1.807, 2.05) is 31.2 Å². The van der Waals surface area contributed by atoms with Crippen LogP contribution < -0.4 is 0 Å². The summed E-state index contributed by atoms with van der Waals surface area (Å²) < 4.78 is 2.12. The van der Waals surface area contributed by atoms with Gasteiger partial charge in [0.2, 0.25) is 5.91 Å². The van der Waals surface area contributed by atoms with E-state index in [4.69, 9.17) is 35.4 Å². The highest BCUT2D eigenvalue weighted by Gasteiger charge is 2.28. The number of hydrogen-bond acceptors (Lipinski definition) is 4. The minimum atomic E-state index is -0.143. The molecule has 0 saturated carbocycles. The van der Waals surface area contributed by atoms with Gasteiger partial charge in [0.25, 0.3) is 0 Å². The van der Waals surface area contributed by atoms with E-state index in [0.717, 1.165) is 11.1 Å². The monoisotopic (exact) mass is 488 g/mol. The number of nitrogens with one attached hydrogen (secondary N) is 1. The van der Waals surface area contributed by atoms with Crippen LogP contribution in [0.4, 0.5) is 0 Å². The molecule has 1 aliphatic rings. The number of aromatic amines is 1. The number of likely N-dealkylation sites (tertiary alicyclic amines) is 1. The summed E-state index contributed by atoms with van der Waals surface area (Å²) in [4.78, 5) is 27.6. The molecule has 2 aromatic carbocycles. The van der Waals surface area contributed by atoms with E-state index in [9.17, 15) is 9.59 Å². The predicted molar refractivity (Wildman–Crippen MR) is 128 cm³/mol. The average Bonchev–Trinajstić information content (AvgIpc) is 3.16. The molecule has 166 valence electrons. The summed E-state index contributed by atoms with van der Waals surface area (Å²) in [6.07, 6.45) is 1.21. The Labute approximate surface area is 201 Å². The highest BCUT2D eigenvalue weighted by molar-refractivity contribution is 7.71. The van der Waals surface area contributed by atoms with E-state index in [-0.39, 0.29) is 24.2 Å². The molecule has 1 aromatic heterocycles. The van der Waals surface area contributed by atoms with Crippen molar-refractivity contribution in [2.75, 3.05) is 13.1 Å². The molecule has 1 aliphatic heterocycles. The lowest BCUT2D eigenvalue weighted by Crippen LogP contribution is -2.41. The summed E-state index contributed by atoms with van der Waals surface area (Å²) in [6, 6.07) is 12.8. The van der Waals surface area contributed by atoms with Crippen molar-refractivity contribution >= 4 is 47.1 Å². The molecule has 3 aromatic rings. The number of amides is 1. The Morgan fingerprint density at radius 1 is 1.09 bits per heavy atom. The second kappa shape index (κ2) is 9.57. The maximum absolute atomic E-state index is 13.0. The van der Waals surface area contributed by atoms with Gasteiger partial charge in [0, 0.05) is 30.1 Å². The number of hydrogen-bond donors (Lipinski definition) is 1. The van der Waals surface area contributed by atoms with Gasteiger partial charge in [0.1, 0.15) is 6.54 Å². The Bertz CT molecular complexity index is 1210. The van der Waals surface area contributed by atoms with Crippen molar-refractivity contribution < 1.29 is 9.59 Å². The molecule has 1 N–H and O–H groups in total. The fraction of sp³-hybridized carbons (Fsp3) is 0.304. The largest absolute Gasteiger partial charge is 0.341 e. The molecule has 1 saturated heterocycles. The van der Waals surface area contributed by atoms with E-state index in [1.54, 1.807) is 27.7 Å². The highest BCUT2D eigenvalue weighted by atomic mass is 35.5. The van der Waals surface area contributed by atoms with Crippen molar-refractivity contribution in [3.8, 4) is 11.4 Å². The van der Waals surface area contributed by atoms with Crippen LogP contribution in [0.2, 0.25) is 10.0 Å². The number of ketones is 1. The zero-order valence-corrected chi connectivity index (χ0v) is 19.8. The molecule has 9 heteroatoms. The van der Waals surface area contributed by atoms with Crippen molar-refractivity contribution in [1.82, 2.24) is 19.7 Å². The fourth-order valence-corrected chi connectivity index (χ4v) is 4.39. The molecule has 1 amide bonds. The normalized spacial score (nSPS) is 14.5. The molecule has 32 heavy (non-hydrogen) atoms. The Morgan fingerprint density at radius 2 is 1.78 bits per heavy atom. The van der Waals surface area contributed by atoms with Gasteiger partial charge in [-0.15, -0.1) is 0 Å². The van der Waals surface area contributed by atoms with Crippen molar-refractivity contribution in [3.63, 3.8) is 0 Å². The van der Waals surface area contributed by atoms with Crippen LogP contribution in [-0.2, 0) is 11.3 Å². The molecular formula is C23H22Cl2N4O2S. The van der Waals surface area contributed by atoms with Crippen molar-refractivity contribution in [2.45, 2.75) is 26.3 Å². The molecule has 0 bridgehead atoms. The molecule has 2 heterocycles. The summed E-state index contributed by atoms with van der Waals surface area (Å²) in [5.41, 5.74) is 2.59. The van der Waals surface area contributed by atoms with E-state index in [2.05, 4.69) is 10.2 Å². The smallest absolute Gasteiger partial charge is 0.242 e. The summed E-state index contributed by atoms with van der Waals surface area (Å²) >= 11 is 17.4. The first-order valence-electron chi connectivity index (χ1n) is 10.3. The molecule has 0 atom stereocenters. The number of halogens is 2. The maximum atomic E-state index is 13.0. The van der Waals surface area contributed by atoms with E-state index >= 15 is 0 Å². The Balaban J connectivity index is 1.41. The standard InChI is InChI=1S/C23H22Cl2N4O2S/c1-14-2-4-16(5-3-14)22-26-27-23(32)29(22)13-20(30)28-10-8-15(9-11-28)21(31)17-6-7-18(24)19(25)12-17/h2-7,12,15H,8-11,13H2,1H3,(H,27,32). The first-order valence-corrected chi connectivity index (χ1v) is 11.5. The quantitative estimate of drug-likeness (QED) is 0.388. The minimum Gasteiger partial charge on any atom is -0.341 e. The van der Waals surface area contributed by atoms with Gasteiger partial charge < -0.3 is 4.90 Å². The molecule has 0 unspecified atom stereocenters.